The molecule has 14 heavy (non-hydrogen) atoms. The van der Waals surface area contributed by atoms with Crippen LogP contribution in [0.2, 0.25) is 5.02 Å². The molecular formula is C10H16ClFN2. The van der Waals surface area contributed by atoms with Crippen molar-refractivity contribution in [3.05, 3.63) is 34.6 Å². The maximum atomic E-state index is 12.5. The minimum Gasteiger partial charge on any atom is -0.331 e. The molecule has 0 aromatic heterocycles. The summed E-state index contributed by atoms with van der Waals surface area (Å²) < 4.78 is 12.5. The van der Waals surface area contributed by atoms with Crippen molar-refractivity contribution in [3.8, 4) is 0 Å². The number of nitrogens with two attached hydrogens (primary N) is 2. The Bertz CT molecular complexity index is 277. The van der Waals surface area contributed by atoms with Gasteiger partial charge in [0.2, 0.25) is 0 Å². The first-order valence-corrected chi connectivity index (χ1v) is 4.81. The second-order valence-electron chi connectivity index (χ2n) is 2.86. The normalized spacial score (nSPS) is 11.6. The molecule has 1 unspecified atom stereocenters. The predicted octanol–water partition coefficient (Wildman–Crippen LogP) is 2.46. The molecule has 0 radical (unpaired) electrons. The Kier molecular flexibility index (Phi) is 6.45. The molecule has 0 aliphatic heterocycles. The molecule has 1 aromatic carbocycles. The van der Waals surface area contributed by atoms with Gasteiger partial charge in [-0.3, -0.25) is 0 Å². The molecule has 0 amide bonds. The minimum atomic E-state index is -0.334. The van der Waals surface area contributed by atoms with Crippen molar-refractivity contribution in [2.45, 2.75) is 19.9 Å². The van der Waals surface area contributed by atoms with Gasteiger partial charge in [0.15, 0.2) is 0 Å². The van der Waals surface area contributed by atoms with Crippen molar-refractivity contribution < 1.29 is 4.39 Å². The van der Waals surface area contributed by atoms with Gasteiger partial charge in [0.25, 0.3) is 0 Å². The lowest BCUT2D eigenvalue weighted by atomic mass is 10.1. The second-order valence-corrected chi connectivity index (χ2v) is 3.27. The van der Waals surface area contributed by atoms with Crippen LogP contribution in [-0.4, -0.2) is 6.54 Å². The molecule has 1 rings (SSSR count). The van der Waals surface area contributed by atoms with E-state index in [-0.39, 0.29) is 11.9 Å². The molecule has 0 aliphatic rings. The van der Waals surface area contributed by atoms with Crippen LogP contribution in [0.25, 0.3) is 0 Å². The Morgan fingerprint density at radius 1 is 1.50 bits per heavy atom. The van der Waals surface area contributed by atoms with E-state index in [1.807, 2.05) is 6.92 Å². The molecule has 0 heterocycles. The highest BCUT2D eigenvalue weighted by Crippen LogP contribution is 2.21. The van der Waals surface area contributed by atoms with Crippen LogP contribution >= 0.6 is 11.6 Å². The zero-order chi connectivity index (χ0) is 11.1. The minimum absolute atomic E-state index is 0.150. The number of hydrogen-bond donors (Lipinski definition) is 2. The van der Waals surface area contributed by atoms with Crippen LogP contribution in [-0.2, 0) is 0 Å². The fraction of sp³-hybridized carbons (Fsp3) is 0.400. The van der Waals surface area contributed by atoms with Gasteiger partial charge in [-0.2, -0.15) is 0 Å². The lowest BCUT2D eigenvalue weighted by molar-refractivity contribution is 0.626. The quantitative estimate of drug-likeness (QED) is 0.761. The summed E-state index contributed by atoms with van der Waals surface area (Å²) >= 11 is 5.70. The molecule has 1 atom stereocenters. The van der Waals surface area contributed by atoms with Crippen LogP contribution in [0.15, 0.2) is 18.2 Å². The van der Waals surface area contributed by atoms with E-state index in [9.17, 15) is 4.39 Å². The van der Waals surface area contributed by atoms with E-state index < -0.39 is 0 Å². The zero-order valence-electron chi connectivity index (χ0n) is 8.43. The standard InChI is InChI=1S/C8H9ClFN.C2H7N/c1-5(11)7-3-2-6(10)4-8(7)9;1-2-3/h2-5H,11H2,1H3;2-3H2,1H3. The number of rotatable bonds is 1. The molecule has 0 bridgehead atoms. The number of benzene rings is 1. The number of halogens is 2. The van der Waals surface area contributed by atoms with Crippen molar-refractivity contribution in [2.75, 3.05) is 6.54 Å². The molecule has 2 nitrogen and oxygen atoms in total. The first-order valence-electron chi connectivity index (χ1n) is 4.43. The summed E-state index contributed by atoms with van der Waals surface area (Å²) in [5.41, 5.74) is 11.2. The van der Waals surface area contributed by atoms with Crippen molar-refractivity contribution in [1.29, 1.82) is 0 Å². The van der Waals surface area contributed by atoms with Crippen molar-refractivity contribution in [1.82, 2.24) is 0 Å². The Morgan fingerprint density at radius 3 is 2.36 bits per heavy atom. The SMILES string of the molecule is CC(N)c1ccc(F)cc1Cl.CCN. The van der Waals surface area contributed by atoms with Gasteiger partial charge >= 0.3 is 0 Å². The third kappa shape index (κ3) is 4.56. The lowest BCUT2D eigenvalue weighted by Crippen LogP contribution is -2.05. The fourth-order valence-corrected chi connectivity index (χ4v) is 1.21. The van der Waals surface area contributed by atoms with E-state index in [0.717, 1.165) is 12.1 Å². The van der Waals surface area contributed by atoms with E-state index >= 15 is 0 Å². The average molecular weight is 219 g/mol. The highest BCUT2D eigenvalue weighted by molar-refractivity contribution is 6.31. The molecule has 1 aromatic rings. The van der Waals surface area contributed by atoms with Crippen molar-refractivity contribution >= 4 is 11.6 Å². The van der Waals surface area contributed by atoms with E-state index in [1.165, 1.54) is 12.1 Å². The monoisotopic (exact) mass is 218 g/mol. The average Bonchev–Trinajstić information content (AvgIpc) is 2.04. The van der Waals surface area contributed by atoms with Gasteiger partial charge in [-0.15, -0.1) is 0 Å². The van der Waals surface area contributed by atoms with Gasteiger partial charge in [0, 0.05) is 11.1 Å². The largest absolute Gasteiger partial charge is 0.331 e. The topological polar surface area (TPSA) is 52.0 Å². The van der Waals surface area contributed by atoms with Gasteiger partial charge in [0.05, 0.1) is 0 Å². The van der Waals surface area contributed by atoms with Crippen LogP contribution in [0, 0.1) is 5.82 Å². The van der Waals surface area contributed by atoms with Gasteiger partial charge < -0.3 is 11.5 Å². The van der Waals surface area contributed by atoms with Gasteiger partial charge in [0.1, 0.15) is 5.82 Å². The highest BCUT2D eigenvalue weighted by atomic mass is 35.5. The first kappa shape index (κ1) is 13.4. The molecular weight excluding hydrogens is 203 g/mol. The van der Waals surface area contributed by atoms with Gasteiger partial charge in [-0.05, 0) is 31.2 Å². The van der Waals surface area contributed by atoms with E-state index in [4.69, 9.17) is 23.1 Å². The van der Waals surface area contributed by atoms with Gasteiger partial charge in [-0.25, -0.2) is 4.39 Å². The summed E-state index contributed by atoms with van der Waals surface area (Å²) in [6.45, 7) is 4.46. The molecule has 0 fully saturated rings. The van der Waals surface area contributed by atoms with Gasteiger partial charge in [-0.1, -0.05) is 24.6 Å². The first-order chi connectivity index (χ1) is 6.52. The summed E-state index contributed by atoms with van der Waals surface area (Å²) in [6.07, 6.45) is 0. The maximum absolute atomic E-state index is 12.5. The van der Waals surface area contributed by atoms with Crippen molar-refractivity contribution in [2.24, 2.45) is 11.5 Å². The summed E-state index contributed by atoms with van der Waals surface area (Å²) in [7, 11) is 0. The van der Waals surface area contributed by atoms with Crippen LogP contribution in [0.3, 0.4) is 0 Å². The molecule has 80 valence electrons. The molecule has 4 N–H and O–H groups in total. The van der Waals surface area contributed by atoms with E-state index in [1.54, 1.807) is 13.0 Å². The Morgan fingerprint density at radius 2 is 2.00 bits per heavy atom. The third-order valence-electron chi connectivity index (χ3n) is 1.45. The van der Waals surface area contributed by atoms with Crippen LogP contribution in [0.5, 0.6) is 0 Å². The third-order valence-corrected chi connectivity index (χ3v) is 1.78. The Labute approximate surface area is 89.0 Å². The maximum Gasteiger partial charge on any atom is 0.124 e. The van der Waals surface area contributed by atoms with Crippen LogP contribution < -0.4 is 11.5 Å². The van der Waals surface area contributed by atoms with Crippen LogP contribution in [0.1, 0.15) is 25.5 Å². The lowest BCUT2D eigenvalue weighted by Gasteiger charge is -2.06. The molecule has 0 saturated carbocycles. The molecule has 0 spiro atoms. The Hall–Kier alpha value is -0.640. The van der Waals surface area contributed by atoms with Crippen LogP contribution in [0.4, 0.5) is 4.39 Å². The molecule has 0 saturated heterocycles. The molecule has 4 heteroatoms. The Balaban J connectivity index is 0.000000500. The van der Waals surface area contributed by atoms with Crippen molar-refractivity contribution in [3.63, 3.8) is 0 Å². The zero-order valence-corrected chi connectivity index (χ0v) is 9.18. The second kappa shape index (κ2) is 6.76. The number of hydrogen-bond acceptors (Lipinski definition) is 2. The summed E-state index contributed by atoms with van der Waals surface area (Å²) in [6, 6.07) is 4.07. The summed E-state index contributed by atoms with van der Waals surface area (Å²) in [4.78, 5) is 0. The summed E-state index contributed by atoms with van der Waals surface area (Å²) in [5, 5.41) is 0.389. The summed E-state index contributed by atoms with van der Waals surface area (Å²) in [5.74, 6) is -0.334. The van der Waals surface area contributed by atoms with E-state index in [2.05, 4.69) is 0 Å². The van der Waals surface area contributed by atoms with E-state index in [0.29, 0.717) is 5.02 Å². The molecule has 0 aliphatic carbocycles. The smallest absolute Gasteiger partial charge is 0.124 e. The highest BCUT2D eigenvalue weighted by Gasteiger charge is 2.04. The predicted molar refractivity (Wildman–Crippen MR) is 58.7 cm³/mol. The fourth-order valence-electron chi connectivity index (χ4n) is 0.871.